The fourth-order valence-electron chi connectivity index (χ4n) is 2.74. The van der Waals surface area contributed by atoms with Gasteiger partial charge in [-0.2, -0.15) is 0 Å². The van der Waals surface area contributed by atoms with Gasteiger partial charge in [0.25, 0.3) is 0 Å². The molecule has 1 N–H and O–H groups in total. The lowest BCUT2D eigenvalue weighted by atomic mass is 10.0. The second-order valence-corrected chi connectivity index (χ2v) is 5.35. The van der Waals surface area contributed by atoms with Crippen LogP contribution in [0.2, 0.25) is 0 Å². The number of hydrogen-bond donors (Lipinski definition) is 1. The highest BCUT2D eigenvalue weighted by atomic mass is 16.5. The minimum absolute atomic E-state index is 0.248. The Labute approximate surface area is 109 Å². The fraction of sp³-hybridized carbons (Fsp3) is 0.600. The number of β-amino-alcohol motifs (C(OH)–C–C–N with tert-alkyl or cyclic N) is 1. The van der Waals surface area contributed by atoms with Crippen LogP contribution in [0, 0.1) is 6.92 Å². The van der Waals surface area contributed by atoms with Crippen LogP contribution in [0.4, 0.5) is 0 Å². The van der Waals surface area contributed by atoms with E-state index in [1.54, 1.807) is 0 Å². The largest absolute Gasteiger partial charge is 0.387 e. The zero-order valence-corrected chi connectivity index (χ0v) is 11.5. The predicted molar refractivity (Wildman–Crippen MR) is 72.6 cm³/mol. The summed E-state index contributed by atoms with van der Waals surface area (Å²) < 4.78 is 5.70. The summed E-state index contributed by atoms with van der Waals surface area (Å²) >= 11 is 0. The highest BCUT2D eigenvalue weighted by Crippen LogP contribution is 2.20. The molecule has 0 radical (unpaired) electrons. The Hall–Kier alpha value is -0.900. The van der Waals surface area contributed by atoms with Gasteiger partial charge in [0.15, 0.2) is 0 Å². The molecule has 0 aromatic heterocycles. The number of aliphatic hydroxyl groups is 1. The monoisotopic (exact) mass is 249 g/mol. The van der Waals surface area contributed by atoms with Crippen LogP contribution in [0.5, 0.6) is 0 Å². The van der Waals surface area contributed by atoms with Gasteiger partial charge in [-0.3, -0.25) is 4.90 Å². The van der Waals surface area contributed by atoms with E-state index >= 15 is 0 Å². The van der Waals surface area contributed by atoms with Gasteiger partial charge >= 0.3 is 0 Å². The van der Waals surface area contributed by atoms with Crippen molar-refractivity contribution in [2.75, 3.05) is 19.6 Å². The first kappa shape index (κ1) is 13.5. The van der Waals surface area contributed by atoms with Crippen LogP contribution in [0.15, 0.2) is 24.3 Å². The molecule has 1 saturated heterocycles. The first-order valence-electron chi connectivity index (χ1n) is 6.67. The van der Waals surface area contributed by atoms with E-state index in [2.05, 4.69) is 18.7 Å². The second kappa shape index (κ2) is 5.83. The summed E-state index contributed by atoms with van der Waals surface area (Å²) in [6.07, 6.45) is 0.0827. The van der Waals surface area contributed by atoms with Crippen molar-refractivity contribution < 1.29 is 9.84 Å². The van der Waals surface area contributed by atoms with Crippen LogP contribution in [0.25, 0.3) is 0 Å². The SMILES string of the molecule is Cc1ccccc1C(O)CN1C[C@@H](C)O[C@@H](C)C1. The zero-order chi connectivity index (χ0) is 13.1. The lowest BCUT2D eigenvalue weighted by Crippen LogP contribution is -2.46. The van der Waals surface area contributed by atoms with E-state index in [9.17, 15) is 5.11 Å². The molecule has 3 heteroatoms. The summed E-state index contributed by atoms with van der Waals surface area (Å²) in [6, 6.07) is 8.04. The number of morpholine rings is 1. The zero-order valence-electron chi connectivity index (χ0n) is 11.5. The maximum atomic E-state index is 10.3. The number of aryl methyl sites for hydroxylation is 1. The Kier molecular flexibility index (Phi) is 4.38. The van der Waals surface area contributed by atoms with E-state index in [0.29, 0.717) is 6.54 Å². The molecule has 3 atom stereocenters. The molecular formula is C15H23NO2. The van der Waals surface area contributed by atoms with Crippen molar-refractivity contribution in [2.45, 2.75) is 39.1 Å². The van der Waals surface area contributed by atoms with Crippen molar-refractivity contribution >= 4 is 0 Å². The number of ether oxygens (including phenoxy) is 1. The summed E-state index contributed by atoms with van der Waals surface area (Å²) in [5.74, 6) is 0. The summed E-state index contributed by atoms with van der Waals surface area (Å²) in [5, 5.41) is 10.3. The van der Waals surface area contributed by atoms with Crippen molar-refractivity contribution in [3.8, 4) is 0 Å². The third-order valence-electron chi connectivity index (χ3n) is 3.47. The van der Waals surface area contributed by atoms with Crippen molar-refractivity contribution in [1.82, 2.24) is 4.90 Å². The summed E-state index contributed by atoms with van der Waals surface area (Å²) in [5.41, 5.74) is 2.18. The van der Waals surface area contributed by atoms with Crippen molar-refractivity contribution in [3.63, 3.8) is 0 Å². The molecule has 1 fully saturated rings. The van der Waals surface area contributed by atoms with Crippen molar-refractivity contribution in [1.29, 1.82) is 0 Å². The molecule has 1 aromatic rings. The second-order valence-electron chi connectivity index (χ2n) is 5.35. The average Bonchev–Trinajstić information content (AvgIpc) is 2.27. The quantitative estimate of drug-likeness (QED) is 0.891. The van der Waals surface area contributed by atoms with Crippen LogP contribution in [-0.4, -0.2) is 41.8 Å². The maximum Gasteiger partial charge on any atom is 0.0919 e. The van der Waals surface area contributed by atoms with Gasteiger partial charge < -0.3 is 9.84 Å². The summed E-state index contributed by atoms with van der Waals surface area (Å²) in [7, 11) is 0. The van der Waals surface area contributed by atoms with Crippen LogP contribution < -0.4 is 0 Å². The topological polar surface area (TPSA) is 32.7 Å². The van der Waals surface area contributed by atoms with Crippen LogP contribution in [-0.2, 0) is 4.74 Å². The molecule has 1 aliphatic heterocycles. The van der Waals surface area contributed by atoms with Gasteiger partial charge in [-0.05, 0) is 31.9 Å². The van der Waals surface area contributed by atoms with E-state index in [1.807, 2.05) is 31.2 Å². The number of nitrogens with zero attached hydrogens (tertiary/aromatic N) is 1. The van der Waals surface area contributed by atoms with E-state index < -0.39 is 6.10 Å². The Balaban J connectivity index is 1.99. The molecule has 1 aliphatic rings. The normalized spacial score (nSPS) is 27.1. The molecule has 1 aromatic carbocycles. The standard InChI is InChI=1S/C15H23NO2/c1-11-6-4-5-7-14(11)15(17)10-16-8-12(2)18-13(3)9-16/h4-7,12-13,15,17H,8-10H2,1-3H3/t12-,13+,15?. The summed E-state index contributed by atoms with van der Waals surface area (Å²) in [6.45, 7) is 8.69. The maximum absolute atomic E-state index is 10.3. The molecule has 1 heterocycles. The summed E-state index contributed by atoms with van der Waals surface area (Å²) in [4.78, 5) is 2.29. The Morgan fingerprint density at radius 2 is 1.89 bits per heavy atom. The van der Waals surface area contributed by atoms with Gasteiger partial charge in [-0.1, -0.05) is 24.3 Å². The molecule has 0 spiro atoms. The first-order chi connectivity index (χ1) is 8.56. The third-order valence-corrected chi connectivity index (χ3v) is 3.47. The van der Waals surface area contributed by atoms with Crippen LogP contribution >= 0.6 is 0 Å². The van der Waals surface area contributed by atoms with E-state index in [1.165, 1.54) is 0 Å². The predicted octanol–water partition coefficient (Wildman–Crippen LogP) is 2.14. The van der Waals surface area contributed by atoms with Gasteiger partial charge in [0.05, 0.1) is 18.3 Å². The van der Waals surface area contributed by atoms with Crippen LogP contribution in [0.1, 0.15) is 31.1 Å². The molecule has 100 valence electrons. The molecule has 0 aliphatic carbocycles. The number of rotatable bonds is 3. The number of hydrogen-bond acceptors (Lipinski definition) is 3. The van der Waals surface area contributed by atoms with Gasteiger partial charge in [-0.25, -0.2) is 0 Å². The number of aliphatic hydroxyl groups excluding tert-OH is 1. The Bertz CT molecular complexity index is 384. The van der Waals surface area contributed by atoms with E-state index in [4.69, 9.17) is 4.74 Å². The number of benzene rings is 1. The van der Waals surface area contributed by atoms with Crippen LogP contribution in [0.3, 0.4) is 0 Å². The smallest absolute Gasteiger partial charge is 0.0919 e. The molecular weight excluding hydrogens is 226 g/mol. The molecule has 1 unspecified atom stereocenters. The van der Waals surface area contributed by atoms with E-state index in [0.717, 1.165) is 24.2 Å². The van der Waals surface area contributed by atoms with Crippen molar-refractivity contribution in [3.05, 3.63) is 35.4 Å². The minimum Gasteiger partial charge on any atom is -0.387 e. The lowest BCUT2D eigenvalue weighted by molar-refractivity contribution is -0.0767. The average molecular weight is 249 g/mol. The Morgan fingerprint density at radius 3 is 2.50 bits per heavy atom. The molecule has 0 amide bonds. The Morgan fingerprint density at radius 1 is 1.28 bits per heavy atom. The van der Waals surface area contributed by atoms with Gasteiger partial charge in [0.2, 0.25) is 0 Å². The van der Waals surface area contributed by atoms with E-state index in [-0.39, 0.29) is 12.2 Å². The highest BCUT2D eigenvalue weighted by Gasteiger charge is 2.24. The molecule has 18 heavy (non-hydrogen) atoms. The molecule has 3 nitrogen and oxygen atoms in total. The van der Waals surface area contributed by atoms with Crippen molar-refractivity contribution in [2.24, 2.45) is 0 Å². The van der Waals surface area contributed by atoms with Gasteiger partial charge in [-0.15, -0.1) is 0 Å². The molecule has 0 saturated carbocycles. The van der Waals surface area contributed by atoms with Gasteiger partial charge in [0, 0.05) is 19.6 Å². The third kappa shape index (κ3) is 3.31. The molecule has 0 bridgehead atoms. The van der Waals surface area contributed by atoms with Gasteiger partial charge in [0.1, 0.15) is 0 Å². The first-order valence-corrected chi connectivity index (χ1v) is 6.67. The highest BCUT2D eigenvalue weighted by molar-refractivity contribution is 5.27. The minimum atomic E-state index is -0.413. The fourth-order valence-corrected chi connectivity index (χ4v) is 2.74. The lowest BCUT2D eigenvalue weighted by Gasteiger charge is -2.36. The molecule has 2 rings (SSSR count).